The van der Waals surface area contributed by atoms with Gasteiger partial charge in [0.1, 0.15) is 17.3 Å². The fraction of sp³-hybridized carbons (Fsp3) is 0. The highest BCUT2D eigenvalue weighted by molar-refractivity contribution is 5.91. The minimum atomic E-state index is 0.467. The number of H-pyrrole nitrogens is 1. The molecule has 4 rings (SSSR count). The third-order valence-corrected chi connectivity index (χ3v) is 3.70. The maximum Gasteiger partial charge on any atom is 0.153 e. The summed E-state index contributed by atoms with van der Waals surface area (Å²) in [4.78, 5) is 4.22. The molecular formula is C19H12N4O. The van der Waals surface area contributed by atoms with Crippen LogP contribution in [0.4, 0.5) is 0 Å². The molecule has 1 aromatic carbocycles. The number of rotatable bonds is 3. The van der Waals surface area contributed by atoms with E-state index in [0.29, 0.717) is 17.0 Å². The minimum absolute atomic E-state index is 0.467. The lowest BCUT2D eigenvalue weighted by Gasteiger charge is -1.98. The van der Waals surface area contributed by atoms with Gasteiger partial charge in [-0.15, -0.1) is 0 Å². The van der Waals surface area contributed by atoms with Gasteiger partial charge in [-0.05, 0) is 30.3 Å². The molecule has 0 amide bonds. The number of benzene rings is 1. The summed E-state index contributed by atoms with van der Waals surface area (Å²) in [5, 5.41) is 17.5. The molecule has 0 saturated carbocycles. The van der Waals surface area contributed by atoms with Crippen LogP contribution >= 0.6 is 0 Å². The molecule has 0 spiro atoms. The lowest BCUT2D eigenvalue weighted by atomic mass is 10.1. The summed E-state index contributed by atoms with van der Waals surface area (Å²) in [5.74, 6) is 0.679. The number of aromatic amines is 1. The Labute approximate surface area is 137 Å². The molecule has 0 radical (unpaired) electrons. The van der Waals surface area contributed by atoms with Gasteiger partial charge in [-0.2, -0.15) is 10.4 Å². The van der Waals surface area contributed by atoms with Gasteiger partial charge in [-0.3, -0.25) is 10.1 Å². The number of furan rings is 1. The van der Waals surface area contributed by atoms with Crippen LogP contribution in [-0.2, 0) is 0 Å². The Hall–Kier alpha value is -3.65. The van der Waals surface area contributed by atoms with Crippen LogP contribution in [0.15, 0.2) is 65.3 Å². The van der Waals surface area contributed by atoms with Crippen molar-refractivity contribution in [3.8, 4) is 17.5 Å². The normalized spacial score (nSPS) is 11.5. The summed E-state index contributed by atoms with van der Waals surface area (Å²) < 4.78 is 5.87. The smallest absolute Gasteiger partial charge is 0.153 e. The predicted octanol–water partition coefficient (Wildman–Crippen LogP) is 4.28. The Morgan fingerprint density at radius 1 is 1.17 bits per heavy atom. The van der Waals surface area contributed by atoms with Crippen molar-refractivity contribution in [2.75, 3.05) is 0 Å². The largest absolute Gasteiger partial charge is 0.454 e. The zero-order valence-corrected chi connectivity index (χ0v) is 12.6. The first-order valence-electron chi connectivity index (χ1n) is 7.40. The van der Waals surface area contributed by atoms with E-state index >= 15 is 0 Å². The molecule has 1 N–H and O–H groups in total. The quantitative estimate of drug-likeness (QED) is 0.573. The molecule has 3 heterocycles. The van der Waals surface area contributed by atoms with E-state index in [-0.39, 0.29) is 0 Å². The van der Waals surface area contributed by atoms with E-state index < -0.39 is 0 Å². The second-order valence-corrected chi connectivity index (χ2v) is 5.23. The van der Waals surface area contributed by atoms with Gasteiger partial charge in [0.2, 0.25) is 0 Å². The summed E-state index contributed by atoms with van der Waals surface area (Å²) in [5.41, 5.74) is 3.40. The number of hydrogen-bond donors (Lipinski definition) is 1. The number of hydrogen-bond acceptors (Lipinski definition) is 4. The molecule has 24 heavy (non-hydrogen) atoms. The number of pyridine rings is 1. The van der Waals surface area contributed by atoms with Crippen molar-refractivity contribution in [1.29, 1.82) is 5.26 Å². The molecule has 0 aliphatic heterocycles. The fourth-order valence-electron chi connectivity index (χ4n) is 2.55. The van der Waals surface area contributed by atoms with Crippen LogP contribution in [0.2, 0.25) is 0 Å². The monoisotopic (exact) mass is 312 g/mol. The van der Waals surface area contributed by atoms with Crippen LogP contribution in [-0.4, -0.2) is 15.2 Å². The zero-order valence-electron chi connectivity index (χ0n) is 12.6. The van der Waals surface area contributed by atoms with Crippen molar-refractivity contribution in [3.05, 3.63) is 72.2 Å². The number of nitriles is 1. The highest BCUT2D eigenvalue weighted by Gasteiger charge is 2.13. The fourth-order valence-corrected chi connectivity index (χ4v) is 2.55. The number of fused-ring (bicyclic) bond motifs is 1. The Balaban J connectivity index is 1.80. The second kappa shape index (κ2) is 5.86. The summed E-state index contributed by atoms with van der Waals surface area (Å²) in [6.07, 6.45) is 5.09. The SMILES string of the molecule is N#C/C(=C/c1cn[nH]c1-c1cc2ccccc2o1)c1ccccn1. The van der Waals surface area contributed by atoms with Gasteiger partial charge in [0.15, 0.2) is 5.76 Å². The topological polar surface area (TPSA) is 78.5 Å². The van der Waals surface area contributed by atoms with Crippen LogP contribution < -0.4 is 0 Å². The summed E-state index contributed by atoms with van der Waals surface area (Å²) >= 11 is 0. The zero-order chi connectivity index (χ0) is 16.4. The van der Waals surface area contributed by atoms with E-state index in [1.807, 2.05) is 42.5 Å². The highest BCUT2D eigenvalue weighted by atomic mass is 16.3. The lowest BCUT2D eigenvalue weighted by Crippen LogP contribution is -1.86. The molecule has 0 saturated heterocycles. The van der Waals surface area contributed by atoms with Gasteiger partial charge < -0.3 is 4.42 Å². The number of nitrogens with one attached hydrogen (secondary N) is 1. The third kappa shape index (κ3) is 2.46. The average Bonchev–Trinajstić information content (AvgIpc) is 3.26. The Morgan fingerprint density at radius 2 is 2.04 bits per heavy atom. The van der Waals surface area contributed by atoms with E-state index in [0.717, 1.165) is 22.2 Å². The van der Waals surface area contributed by atoms with E-state index in [4.69, 9.17) is 4.42 Å². The number of para-hydroxylation sites is 1. The van der Waals surface area contributed by atoms with Crippen molar-refractivity contribution < 1.29 is 4.42 Å². The first-order valence-corrected chi connectivity index (χ1v) is 7.40. The summed E-state index contributed by atoms with van der Waals surface area (Å²) in [6.45, 7) is 0. The molecule has 0 fully saturated rings. The van der Waals surface area contributed by atoms with E-state index in [2.05, 4.69) is 21.3 Å². The molecule has 114 valence electrons. The van der Waals surface area contributed by atoms with Crippen molar-refractivity contribution in [2.24, 2.45) is 0 Å². The second-order valence-electron chi connectivity index (χ2n) is 5.23. The van der Waals surface area contributed by atoms with Gasteiger partial charge >= 0.3 is 0 Å². The lowest BCUT2D eigenvalue weighted by molar-refractivity contribution is 0.628. The molecule has 0 aliphatic carbocycles. The first kappa shape index (κ1) is 14.0. The van der Waals surface area contributed by atoms with Crippen LogP contribution in [0.25, 0.3) is 34.1 Å². The predicted molar refractivity (Wildman–Crippen MR) is 91.5 cm³/mol. The average molecular weight is 312 g/mol. The molecule has 0 aliphatic rings. The van der Waals surface area contributed by atoms with E-state index in [9.17, 15) is 5.26 Å². The molecule has 3 aromatic heterocycles. The third-order valence-electron chi connectivity index (χ3n) is 3.70. The van der Waals surface area contributed by atoms with Gasteiger partial charge in [-0.1, -0.05) is 24.3 Å². The Morgan fingerprint density at radius 3 is 2.83 bits per heavy atom. The standard InChI is InChI=1S/C19H12N4O/c20-11-14(16-6-3-4-8-21-16)9-15-12-22-23-19(15)18-10-13-5-1-2-7-17(13)24-18/h1-10,12H,(H,22,23)/b14-9-. The molecule has 0 unspecified atom stereocenters. The van der Waals surface area contributed by atoms with Crippen LogP contribution in [0, 0.1) is 11.3 Å². The van der Waals surface area contributed by atoms with Crippen LogP contribution in [0.3, 0.4) is 0 Å². The maximum atomic E-state index is 9.44. The molecule has 0 bridgehead atoms. The molecule has 4 aromatic rings. The van der Waals surface area contributed by atoms with Crippen molar-refractivity contribution in [3.63, 3.8) is 0 Å². The minimum Gasteiger partial charge on any atom is -0.454 e. The number of nitrogens with zero attached hydrogens (tertiary/aromatic N) is 3. The molecular weight excluding hydrogens is 300 g/mol. The van der Waals surface area contributed by atoms with Gasteiger partial charge in [-0.25, -0.2) is 0 Å². The van der Waals surface area contributed by atoms with Crippen molar-refractivity contribution in [2.45, 2.75) is 0 Å². The van der Waals surface area contributed by atoms with E-state index in [1.165, 1.54) is 0 Å². The maximum absolute atomic E-state index is 9.44. The summed E-state index contributed by atoms with van der Waals surface area (Å²) in [7, 11) is 0. The van der Waals surface area contributed by atoms with Gasteiger partial charge in [0.25, 0.3) is 0 Å². The molecule has 0 atom stereocenters. The van der Waals surface area contributed by atoms with E-state index in [1.54, 1.807) is 24.5 Å². The highest BCUT2D eigenvalue weighted by Crippen LogP contribution is 2.30. The van der Waals surface area contributed by atoms with Crippen molar-refractivity contribution >= 4 is 22.6 Å². The van der Waals surface area contributed by atoms with Gasteiger partial charge in [0.05, 0.1) is 17.5 Å². The molecule has 5 heteroatoms. The van der Waals surface area contributed by atoms with Crippen LogP contribution in [0.5, 0.6) is 0 Å². The summed E-state index contributed by atoms with van der Waals surface area (Å²) in [6, 6.07) is 17.4. The number of allylic oxidation sites excluding steroid dienone is 1. The first-order chi connectivity index (χ1) is 11.8. The number of aromatic nitrogens is 3. The Kier molecular flexibility index (Phi) is 3.41. The van der Waals surface area contributed by atoms with Gasteiger partial charge in [0, 0.05) is 17.1 Å². The van der Waals surface area contributed by atoms with Crippen molar-refractivity contribution in [1.82, 2.24) is 15.2 Å². The van der Waals surface area contributed by atoms with Crippen LogP contribution in [0.1, 0.15) is 11.3 Å². The molecule has 5 nitrogen and oxygen atoms in total. The Bertz CT molecular complexity index is 1030.